The maximum atomic E-state index is 13.0. The minimum atomic E-state index is -0.195. The first kappa shape index (κ1) is 23.0. The van der Waals surface area contributed by atoms with Gasteiger partial charge in [0.1, 0.15) is 5.82 Å². The molecule has 0 radical (unpaired) electrons. The van der Waals surface area contributed by atoms with E-state index in [1.165, 1.54) is 11.8 Å². The summed E-state index contributed by atoms with van der Waals surface area (Å²) in [5.74, 6) is 1.31. The molecule has 2 aromatic carbocycles. The van der Waals surface area contributed by atoms with Crippen LogP contribution >= 0.6 is 11.8 Å². The molecule has 3 aromatic rings. The van der Waals surface area contributed by atoms with Gasteiger partial charge in [0.2, 0.25) is 11.8 Å². The van der Waals surface area contributed by atoms with Gasteiger partial charge < -0.3 is 10.2 Å². The van der Waals surface area contributed by atoms with Crippen molar-refractivity contribution >= 4 is 29.3 Å². The number of rotatable bonds is 10. The summed E-state index contributed by atoms with van der Waals surface area (Å²) in [6.45, 7) is 4.50. The largest absolute Gasteiger partial charge is 0.333 e. The molecule has 1 saturated carbocycles. The van der Waals surface area contributed by atoms with Gasteiger partial charge in [0.15, 0.2) is 5.16 Å². The standard InChI is InChI=1S/C25H29N5O2S/c1-3-15-29(16-22(31)26-21-12-8-7-9-18(21)2)23(32)17-33-25-28-27-24(19-13-14-19)30(25)20-10-5-4-6-11-20/h4-12,19H,3,13-17H2,1-2H3,(H,26,31). The van der Waals surface area contributed by atoms with Crippen molar-refractivity contribution in [1.82, 2.24) is 19.7 Å². The molecule has 1 aliphatic rings. The van der Waals surface area contributed by atoms with E-state index in [0.29, 0.717) is 17.6 Å². The number of carbonyl (C=O) groups excluding carboxylic acids is 2. The lowest BCUT2D eigenvalue weighted by Gasteiger charge is -2.21. The zero-order chi connectivity index (χ0) is 23.2. The van der Waals surface area contributed by atoms with Crippen LogP contribution in [0.5, 0.6) is 0 Å². The van der Waals surface area contributed by atoms with Crippen LogP contribution in [0.2, 0.25) is 0 Å². The maximum absolute atomic E-state index is 13.0. The molecule has 1 fully saturated rings. The molecular formula is C25H29N5O2S. The highest BCUT2D eigenvalue weighted by Gasteiger charge is 2.31. The summed E-state index contributed by atoms with van der Waals surface area (Å²) < 4.78 is 2.06. The van der Waals surface area contributed by atoms with Crippen molar-refractivity contribution in [3.05, 3.63) is 66.0 Å². The molecule has 0 saturated heterocycles. The quantitative estimate of drug-likeness (QED) is 0.450. The van der Waals surface area contributed by atoms with Gasteiger partial charge >= 0.3 is 0 Å². The van der Waals surface area contributed by atoms with Crippen LogP contribution in [0.25, 0.3) is 5.69 Å². The Hall–Kier alpha value is -3.13. The van der Waals surface area contributed by atoms with Gasteiger partial charge in [-0.05, 0) is 49.9 Å². The van der Waals surface area contributed by atoms with Crippen LogP contribution in [-0.2, 0) is 9.59 Å². The molecule has 1 N–H and O–H groups in total. The smallest absolute Gasteiger partial charge is 0.244 e. The SMILES string of the molecule is CCCN(CC(=O)Nc1ccccc1C)C(=O)CSc1nnc(C2CC2)n1-c1ccccc1. The van der Waals surface area contributed by atoms with Crippen molar-refractivity contribution in [3.8, 4) is 5.69 Å². The van der Waals surface area contributed by atoms with E-state index < -0.39 is 0 Å². The molecule has 172 valence electrons. The minimum Gasteiger partial charge on any atom is -0.333 e. The number of hydrogen-bond acceptors (Lipinski definition) is 5. The molecule has 1 heterocycles. The molecule has 8 heteroatoms. The molecule has 2 amide bonds. The lowest BCUT2D eigenvalue weighted by atomic mass is 10.2. The number of aryl methyl sites for hydroxylation is 1. The Morgan fingerprint density at radius 3 is 2.52 bits per heavy atom. The van der Waals surface area contributed by atoms with E-state index in [2.05, 4.69) is 20.1 Å². The Labute approximate surface area is 198 Å². The summed E-state index contributed by atoms with van der Waals surface area (Å²) in [4.78, 5) is 27.3. The van der Waals surface area contributed by atoms with Crippen LogP contribution in [0, 0.1) is 6.92 Å². The molecule has 0 bridgehead atoms. The zero-order valence-electron chi connectivity index (χ0n) is 19.0. The Morgan fingerprint density at radius 1 is 1.09 bits per heavy atom. The van der Waals surface area contributed by atoms with Crippen molar-refractivity contribution in [2.45, 2.75) is 44.2 Å². The van der Waals surface area contributed by atoms with Gasteiger partial charge in [-0.25, -0.2) is 0 Å². The first-order valence-corrected chi connectivity index (χ1v) is 12.3. The van der Waals surface area contributed by atoms with Gasteiger partial charge in [-0.15, -0.1) is 10.2 Å². The van der Waals surface area contributed by atoms with Gasteiger partial charge in [0.05, 0.1) is 12.3 Å². The number of nitrogens with zero attached hydrogens (tertiary/aromatic N) is 4. The molecular weight excluding hydrogens is 434 g/mol. The summed E-state index contributed by atoms with van der Waals surface area (Å²) in [6.07, 6.45) is 3.02. The second kappa shape index (κ2) is 10.7. The lowest BCUT2D eigenvalue weighted by Crippen LogP contribution is -2.39. The van der Waals surface area contributed by atoms with E-state index in [1.54, 1.807) is 4.90 Å². The van der Waals surface area contributed by atoms with Crippen molar-refractivity contribution in [3.63, 3.8) is 0 Å². The highest BCUT2D eigenvalue weighted by atomic mass is 32.2. The van der Waals surface area contributed by atoms with Crippen LogP contribution in [-0.4, -0.2) is 50.3 Å². The third-order valence-electron chi connectivity index (χ3n) is 5.54. The molecule has 0 aliphatic heterocycles. The number of anilines is 1. The number of amides is 2. The number of carbonyl (C=O) groups is 2. The molecule has 33 heavy (non-hydrogen) atoms. The monoisotopic (exact) mass is 463 g/mol. The van der Waals surface area contributed by atoms with Crippen LogP contribution in [0.3, 0.4) is 0 Å². The topological polar surface area (TPSA) is 80.1 Å². The molecule has 0 spiro atoms. The summed E-state index contributed by atoms with van der Waals surface area (Å²) in [5, 5.41) is 12.4. The minimum absolute atomic E-state index is 0.0280. The number of hydrogen-bond donors (Lipinski definition) is 1. The summed E-state index contributed by atoms with van der Waals surface area (Å²) in [6, 6.07) is 17.6. The Kier molecular flexibility index (Phi) is 7.44. The normalized spacial score (nSPS) is 13.0. The van der Waals surface area contributed by atoms with E-state index in [4.69, 9.17) is 0 Å². The van der Waals surface area contributed by atoms with E-state index in [9.17, 15) is 9.59 Å². The van der Waals surface area contributed by atoms with Crippen molar-refractivity contribution in [2.75, 3.05) is 24.2 Å². The van der Waals surface area contributed by atoms with Crippen LogP contribution in [0.1, 0.15) is 43.5 Å². The van der Waals surface area contributed by atoms with Gasteiger partial charge in [-0.1, -0.05) is 55.1 Å². The lowest BCUT2D eigenvalue weighted by molar-refractivity contribution is -0.132. The molecule has 0 atom stereocenters. The molecule has 4 rings (SSSR count). The molecule has 1 aromatic heterocycles. The Balaban J connectivity index is 1.42. The second-order valence-corrected chi connectivity index (χ2v) is 9.20. The van der Waals surface area contributed by atoms with Crippen LogP contribution < -0.4 is 5.32 Å². The van der Waals surface area contributed by atoms with Crippen molar-refractivity contribution in [1.29, 1.82) is 0 Å². The number of nitrogens with one attached hydrogen (secondary N) is 1. The predicted molar refractivity (Wildman–Crippen MR) is 131 cm³/mol. The van der Waals surface area contributed by atoms with E-state index in [1.807, 2.05) is 68.4 Å². The third kappa shape index (κ3) is 5.82. The average molecular weight is 464 g/mol. The molecule has 1 aliphatic carbocycles. The number of aromatic nitrogens is 3. The van der Waals surface area contributed by atoms with Gasteiger partial charge in [0.25, 0.3) is 0 Å². The fourth-order valence-electron chi connectivity index (χ4n) is 3.66. The first-order valence-electron chi connectivity index (χ1n) is 11.3. The summed E-state index contributed by atoms with van der Waals surface area (Å²) >= 11 is 1.37. The Morgan fingerprint density at radius 2 is 1.82 bits per heavy atom. The first-order chi connectivity index (χ1) is 16.1. The summed E-state index contributed by atoms with van der Waals surface area (Å²) in [7, 11) is 0. The van der Waals surface area contributed by atoms with E-state index >= 15 is 0 Å². The highest BCUT2D eigenvalue weighted by molar-refractivity contribution is 7.99. The van der Waals surface area contributed by atoms with Crippen molar-refractivity contribution in [2.24, 2.45) is 0 Å². The van der Waals surface area contributed by atoms with Gasteiger partial charge in [0, 0.05) is 23.8 Å². The predicted octanol–water partition coefficient (Wildman–Crippen LogP) is 4.42. The fraction of sp³-hybridized carbons (Fsp3) is 0.360. The van der Waals surface area contributed by atoms with E-state index in [0.717, 1.165) is 42.0 Å². The van der Waals surface area contributed by atoms with Gasteiger partial charge in [-0.3, -0.25) is 14.2 Å². The second-order valence-electron chi connectivity index (χ2n) is 8.25. The van der Waals surface area contributed by atoms with Crippen LogP contribution in [0.15, 0.2) is 59.8 Å². The van der Waals surface area contributed by atoms with Crippen LogP contribution in [0.4, 0.5) is 5.69 Å². The Bertz CT molecular complexity index is 1110. The molecule has 0 unspecified atom stereocenters. The van der Waals surface area contributed by atoms with Gasteiger partial charge in [-0.2, -0.15) is 0 Å². The molecule has 7 nitrogen and oxygen atoms in total. The average Bonchev–Trinajstić information content (AvgIpc) is 3.58. The van der Waals surface area contributed by atoms with Crippen molar-refractivity contribution < 1.29 is 9.59 Å². The third-order valence-corrected chi connectivity index (χ3v) is 6.45. The summed E-state index contributed by atoms with van der Waals surface area (Å²) in [5.41, 5.74) is 2.76. The van der Waals surface area contributed by atoms with E-state index in [-0.39, 0.29) is 24.1 Å². The number of thioether (sulfide) groups is 1. The fourth-order valence-corrected chi connectivity index (χ4v) is 4.52. The number of para-hydroxylation sites is 2. The maximum Gasteiger partial charge on any atom is 0.244 e. The zero-order valence-corrected chi connectivity index (χ0v) is 19.8. The highest BCUT2D eigenvalue weighted by Crippen LogP contribution is 2.41. The number of benzene rings is 2.